The highest BCUT2D eigenvalue weighted by Gasteiger charge is 2.19. The van der Waals surface area contributed by atoms with Crippen molar-refractivity contribution in [2.75, 3.05) is 13.2 Å². The van der Waals surface area contributed by atoms with Crippen molar-refractivity contribution in [1.29, 1.82) is 0 Å². The molecular formula is C18H20ClNO. The molecule has 0 amide bonds. The van der Waals surface area contributed by atoms with Crippen LogP contribution >= 0.6 is 11.6 Å². The van der Waals surface area contributed by atoms with E-state index in [9.17, 15) is 0 Å². The molecule has 1 aliphatic rings. The van der Waals surface area contributed by atoms with Crippen LogP contribution in [0.25, 0.3) is 0 Å². The molecule has 0 spiro atoms. The van der Waals surface area contributed by atoms with Gasteiger partial charge in [-0.1, -0.05) is 48.5 Å². The quantitative estimate of drug-likeness (QED) is 0.848. The molecular weight excluding hydrogens is 282 g/mol. The summed E-state index contributed by atoms with van der Waals surface area (Å²) >= 11 is 5.87. The zero-order chi connectivity index (χ0) is 14.5. The number of hydrogen-bond donors (Lipinski definition) is 1. The van der Waals surface area contributed by atoms with Gasteiger partial charge in [0.2, 0.25) is 0 Å². The maximum Gasteiger partial charge on any atom is 0.0952 e. The van der Waals surface area contributed by atoms with E-state index in [4.69, 9.17) is 16.3 Å². The van der Waals surface area contributed by atoms with Crippen molar-refractivity contribution in [1.82, 2.24) is 5.32 Å². The third-order valence-corrected chi connectivity index (χ3v) is 4.21. The van der Waals surface area contributed by atoms with Crippen molar-refractivity contribution < 1.29 is 4.74 Å². The number of benzene rings is 2. The minimum absolute atomic E-state index is 0.158. The number of fused-ring (bicyclic) bond motifs is 1. The Bertz CT molecular complexity index is 599. The average molecular weight is 302 g/mol. The summed E-state index contributed by atoms with van der Waals surface area (Å²) < 4.78 is 5.90. The minimum Gasteiger partial charge on any atom is -0.372 e. The van der Waals surface area contributed by atoms with Crippen LogP contribution in [0.3, 0.4) is 0 Å². The second kappa shape index (κ2) is 7.08. The first-order chi connectivity index (χ1) is 10.4. The van der Waals surface area contributed by atoms with Gasteiger partial charge in [-0.25, -0.2) is 0 Å². The molecule has 1 heterocycles. The van der Waals surface area contributed by atoms with Crippen LogP contribution in [0.4, 0.5) is 0 Å². The van der Waals surface area contributed by atoms with Gasteiger partial charge in [0.15, 0.2) is 0 Å². The molecule has 0 aliphatic carbocycles. The Morgan fingerprint density at radius 1 is 1.10 bits per heavy atom. The molecule has 0 radical (unpaired) electrons. The molecule has 2 aromatic rings. The van der Waals surface area contributed by atoms with Gasteiger partial charge >= 0.3 is 0 Å². The molecule has 0 saturated heterocycles. The molecule has 0 bridgehead atoms. The number of hydrogen-bond acceptors (Lipinski definition) is 2. The number of ether oxygens (including phenoxy) is 1. The first-order valence-electron chi connectivity index (χ1n) is 7.41. The van der Waals surface area contributed by atoms with E-state index < -0.39 is 0 Å². The number of alkyl halides is 1. The Kier molecular flexibility index (Phi) is 4.91. The summed E-state index contributed by atoms with van der Waals surface area (Å²) in [4.78, 5) is 0. The van der Waals surface area contributed by atoms with Crippen molar-refractivity contribution in [2.24, 2.45) is 0 Å². The van der Waals surface area contributed by atoms with Crippen LogP contribution < -0.4 is 5.32 Å². The van der Waals surface area contributed by atoms with E-state index in [2.05, 4.69) is 53.8 Å². The van der Waals surface area contributed by atoms with Crippen molar-refractivity contribution >= 4 is 11.6 Å². The van der Waals surface area contributed by atoms with E-state index in [1.807, 2.05) is 0 Å². The van der Waals surface area contributed by atoms with Crippen molar-refractivity contribution in [2.45, 2.75) is 24.9 Å². The fraction of sp³-hybridized carbons (Fsp3) is 0.333. The average Bonchev–Trinajstić information content (AvgIpc) is 2.55. The van der Waals surface area contributed by atoms with Gasteiger partial charge in [0.1, 0.15) is 0 Å². The zero-order valence-electron chi connectivity index (χ0n) is 12.0. The Balaban J connectivity index is 1.59. The van der Waals surface area contributed by atoms with Gasteiger partial charge < -0.3 is 10.1 Å². The standard InChI is InChI=1S/C18H20ClNO/c19-11-14-4-3-5-15(10-14)12-20-13-18-17-7-2-1-6-16(17)8-9-21-18/h1-7,10,18,20H,8-9,11-13H2. The lowest BCUT2D eigenvalue weighted by Gasteiger charge is -2.26. The molecule has 3 heteroatoms. The highest BCUT2D eigenvalue weighted by molar-refractivity contribution is 6.17. The Morgan fingerprint density at radius 3 is 2.86 bits per heavy atom. The molecule has 0 fully saturated rings. The summed E-state index contributed by atoms with van der Waals surface area (Å²) in [7, 11) is 0. The van der Waals surface area contributed by atoms with Crippen LogP contribution in [-0.2, 0) is 23.6 Å². The predicted molar refractivity (Wildman–Crippen MR) is 86.5 cm³/mol. The summed E-state index contributed by atoms with van der Waals surface area (Å²) in [6, 6.07) is 17.0. The Labute approximate surface area is 131 Å². The summed E-state index contributed by atoms with van der Waals surface area (Å²) in [5.74, 6) is 0.562. The fourth-order valence-electron chi connectivity index (χ4n) is 2.82. The van der Waals surface area contributed by atoms with Crippen LogP contribution in [0.1, 0.15) is 28.4 Å². The molecule has 0 saturated carbocycles. The fourth-order valence-corrected chi connectivity index (χ4v) is 2.98. The van der Waals surface area contributed by atoms with Crippen molar-refractivity contribution in [3.63, 3.8) is 0 Å². The smallest absolute Gasteiger partial charge is 0.0952 e. The lowest BCUT2D eigenvalue weighted by Crippen LogP contribution is -2.27. The highest BCUT2D eigenvalue weighted by Crippen LogP contribution is 2.26. The van der Waals surface area contributed by atoms with E-state index in [0.717, 1.165) is 31.7 Å². The third-order valence-electron chi connectivity index (χ3n) is 3.90. The van der Waals surface area contributed by atoms with Gasteiger partial charge in [-0.05, 0) is 28.7 Å². The van der Waals surface area contributed by atoms with Gasteiger partial charge in [-0.2, -0.15) is 0 Å². The van der Waals surface area contributed by atoms with Gasteiger partial charge in [0.05, 0.1) is 12.7 Å². The molecule has 3 rings (SSSR count). The van der Waals surface area contributed by atoms with Crippen LogP contribution in [-0.4, -0.2) is 13.2 Å². The van der Waals surface area contributed by atoms with Crippen LogP contribution in [0, 0.1) is 0 Å². The summed E-state index contributed by atoms with van der Waals surface area (Å²) in [5, 5.41) is 3.50. The van der Waals surface area contributed by atoms with E-state index in [1.165, 1.54) is 16.7 Å². The molecule has 2 nitrogen and oxygen atoms in total. The van der Waals surface area contributed by atoms with Crippen molar-refractivity contribution in [3.8, 4) is 0 Å². The second-order valence-corrected chi connectivity index (χ2v) is 5.66. The van der Waals surface area contributed by atoms with Crippen molar-refractivity contribution in [3.05, 3.63) is 70.8 Å². The van der Waals surface area contributed by atoms with Gasteiger partial charge in [-0.3, -0.25) is 0 Å². The van der Waals surface area contributed by atoms with Gasteiger partial charge in [-0.15, -0.1) is 11.6 Å². The highest BCUT2D eigenvalue weighted by atomic mass is 35.5. The second-order valence-electron chi connectivity index (χ2n) is 5.39. The Hall–Kier alpha value is -1.35. The van der Waals surface area contributed by atoms with E-state index in [0.29, 0.717) is 5.88 Å². The predicted octanol–water partition coefficient (Wildman–Crippen LogP) is 3.83. The largest absolute Gasteiger partial charge is 0.372 e. The molecule has 1 atom stereocenters. The zero-order valence-corrected chi connectivity index (χ0v) is 12.8. The summed E-state index contributed by atoms with van der Waals surface area (Å²) in [5.41, 5.74) is 5.16. The van der Waals surface area contributed by atoms with Crippen LogP contribution in [0.5, 0.6) is 0 Å². The lowest BCUT2D eigenvalue weighted by atomic mass is 9.97. The first kappa shape index (κ1) is 14.6. The third kappa shape index (κ3) is 3.65. The minimum atomic E-state index is 0.158. The number of rotatable bonds is 5. The maximum atomic E-state index is 5.90. The lowest BCUT2D eigenvalue weighted by molar-refractivity contribution is 0.0423. The molecule has 1 unspecified atom stereocenters. The van der Waals surface area contributed by atoms with E-state index in [-0.39, 0.29) is 6.10 Å². The Morgan fingerprint density at radius 2 is 1.95 bits per heavy atom. The van der Waals surface area contributed by atoms with E-state index in [1.54, 1.807) is 0 Å². The first-order valence-corrected chi connectivity index (χ1v) is 7.94. The number of nitrogens with one attached hydrogen (secondary N) is 1. The molecule has 1 aliphatic heterocycles. The van der Waals surface area contributed by atoms with E-state index >= 15 is 0 Å². The molecule has 110 valence electrons. The molecule has 21 heavy (non-hydrogen) atoms. The van der Waals surface area contributed by atoms with Crippen LogP contribution in [0.15, 0.2) is 48.5 Å². The maximum absolute atomic E-state index is 5.90. The summed E-state index contributed by atoms with van der Waals surface area (Å²) in [6.07, 6.45) is 1.18. The van der Waals surface area contributed by atoms with Gasteiger partial charge in [0.25, 0.3) is 0 Å². The van der Waals surface area contributed by atoms with Crippen LogP contribution in [0.2, 0.25) is 0 Å². The monoisotopic (exact) mass is 301 g/mol. The normalized spacial score (nSPS) is 17.5. The number of halogens is 1. The molecule has 0 aromatic heterocycles. The topological polar surface area (TPSA) is 21.3 Å². The summed E-state index contributed by atoms with van der Waals surface area (Å²) in [6.45, 7) is 2.49. The molecule has 2 aromatic carbocycles. The SMILES string of the molecule is ClCc1cccc(CNCC2OCCc3ccccc32)c1. The molecule has 1 N–H and O–H groups in total. The van der Waals surface area contributed by atoms with Gasteiger partial charge in [0, 0.05) is 19.0 Å².